The molecule has 1 fully saturated rings. The zero-order valence-electron chi connectivity index (χ0n) is 13.0. The van der Waals surface area contributed by atoms with Gasteiger partial charge in [0.05, 0.1) is 4.47 Å². The van der Waals surface area contributed by atoms with Crippen LogP contribution >= 0.6 is 15.9 Å². The summed E-state index contributed by atoms with van der Waals surface area (Å²) in [5.74, 6) is 0.583. The molecule has 2 aromatic carbocycles. The molecule has 0 aliphatic carbocycles. The Bertz CT molecular complexity index is 618. The van der Waals surface area contributed by atoms with Gasteiger partial charge in [-0.15, -0.1) is 0 Å². The number of rotatable bonds is 5. The summed E-state index contributed by atoms with van der Waals surface area (Å²) in [4.78, 5) is 0. The van der Waals surface area contributed by atoms with E-state index in [1.165, 1.54) is 12.8 Å². The van der Waals surface area contributed by atoms with Crippen LogP contribution in [-0.4, -0.2) is 13.1 Å². The molecule has 3 rings (SSSR count). The molecule has 0 aromatic heterocycles. The van der Waals surface area contributed by atoms with E-state index in [-0.39, 0.29) is 5.82 Å². The van der Waals surface area contributed by atoms with Crippen molar-refractivity contribution in [3.05, 3.63) is 63.9 Å². The van der Waals surface area contributed by atoms with Crippen LogP contribution in [0.3, 0.4) is 0 Å². The van der Waals surface area contributed by atoms with Crippen LogP contribution in [0.5, 0.6) is 5.75 Å². The van der Waals surface area contributed by atoms with E-state index in [1.807, 2.05) is 36.4 Å². The molecular formula is C19H21BrFNO. The summed E-state index contributed by atoms with van der Waals surface area (Å²) in [5.41, 5.74) is 2.05. The number of piperidine rings is 1. The second-order valence-corrected chi connectivity index (χ2v) is 6.93. The number of nitrogens with one attached hydrogen (secondary N) is 1. The second kappa shape index (κ2) is 7.93. The number of ether oxygens (including phenoxy) is 1. The minimum Gasteiger partial charge on any atom is -0.485 e. The van der Waals surface area contributed by atoms with Crippen molar-refractivity contribution in [3.63, 3.8) is 0 Å². The maximum Gasteiger partial charge on any atom is 0.169 e. The van der Waals surface area contributed by atoms with E-state index in [2.05, 4.69) is 21.2 Å². The Hall–Kier alpha value is -1.39. The molecule has 0 radical (unpaired) electrons. The quantitative estimate of drug-likeness (QED) is 0.814. The Morgan fingerprint density at radius 3 is 2.70 bits per heavy atom. The van der Waals surface area contributed by atoms with Gasteiger partial charge < -0.3 is 10.1 Å². The molecule has 0 amide bonds. The first kappa shape index (κ1) is 16.5. The van der Waals surface area contributed by atoms with Gasteiger partial charge in [-0.3, -0.25) is 0 Å². The maximum absolute atomic E-state index is 14.4. The monoisotopic (exact) mass is 377 g/mol. The Morgan fingerprint density at radius 2 is 2.00 bits per heavy atom. The van der Waals surface area contributed by atoms with Crippen molar-refractivity contribution in [1.29, 1.82) is 0 Å². The number of hydrogen-bond acceptors (Lipinski definition) is 2. The lowest BCUT2D eigenvalue weighted by molar-refractivity contribution is 0.288. The van der Waals surface area contributed by atoms with Crippen LogP contribution < -0.4 is 10.1 Å². The lowest BCUT2D eigenvalue weighted by Gasteiger charge is -2.23. The molecule has 122 valence electrons. The van der Waals surface area contributed by atoms with E-state index in [1.54, 1.807) is 6.07 Å². The highest BCUT2D eigenvalue weighted by Crippen LogP contribution is 2.31. The van der Waals surface area contributed by atoms with E-state index in [0.717, 1.165) is 30.6 Å². The smallest absolute Gasteiger partial charge is 0.169 e. The van der Waals surface area contributed by atoms with Crippen LogP contribution in [0.25, 0.3) is 0 Å². The van der Waals surface area contributed by atoms with E-state index < -0.39 is 0 Å². The number of halogens is 2. The van der Waals surface area contributed by atoms with Gasteiger partial charge in [-0.25, -0.2) is 4.39 Å². The van der Waals surface area contributed by atoms with E-state index in [9.17, 15) is 4.39 Å². The van der Waals surface area contributed by atoms with Crippen molar-refractivity contribution in [1.82, 2.24) is 5.32 Å². The predicted molar refractivity (Wildman–Crippen MR) is 94.2 cm³/mol. The van der Waals surface area contributed by atoms with Crippen molar-refractivity contribution < 1.29 is 9.13 Å². The summed E-state index contributed by atoms with van der Waals surface area (Å²) in [6.07, 6.45) is 3.31. The minimum absolute atomic E-state index is 0.291. The lowest BCUT2D eigenvalue weighted by atomic mass is 9.92. The van der Waals surface area contributed by atoms with Crippen LogP contribution in [0, 0.1) is 11.7 Å². The van der Waals surface area contributed by atoms with Crippen molar-refractivity contribution >= 4 is 15.9 Å². The Labute approximate surface area is 145 Å². The topological polar surface area (TPSA) is 21.3 Å². The molecule has 1 unspecified atom stereocenters. The average molecular weight is 378 g/mol. The minimum atomic E-state index is -0.297. The fourth-order valence-corrected chi connectivity index (χ4v) is 3.63. The first-order valence-electron chi connectivity index (χ1n) is 8.08. The molecule has 1 atom stereocenters. The van der Waals surface area contributed by atoms with E-state index >= 15 is 0 Å². The van der Waals surface area contributed by atoms with E-state index in [0.29, 0.717) is 22.7 Å². The summed E-state index contributed by atoms with van der Waals surface area (Å²) in [6.45, 7) is 2.48. The lowest BCUT2D eigenvalue weighted by Crippen LogP contribution is -2.30. The summed E-state index contributed by atoms with van der Waals surface area (Å²) < 4.78 is 20.7. The third kappa shape index (κ3) is 4.55. The van der Waals surface area contributed by atoms with Crippen molar-refractivity contribution in [2.24, 2.45) is 5.92 Å². The van der Waals surface area contributed by atoms with Gasteiger partial charge in [-0.05, 0) is 77.5 Å². The molecule has 1 saturated heterocycles. The second-order valence-electron chi connectivity index (χ2n) is 6.08. The zero-order valence-corrected chi connectivity index (χ0v) is 14.6. The molecule has 1 N–H and O–H groups in total. The molecule has 4 heteroatoms. The summed E-state index contributed by atoms with van der Waals surface area (Å²) in [5, 5.41) is 3.40. The largest absolute Gasteiger partial charge is 0.485 e. The van der Waals surface area contributed by atoms with Crippen LogP contribution in [-0.2, 0) is 13.0 Å². The molecule has 0 spiro atoms. The maximum atomic E-state index is 14.4. The fourth-order valence-electron chi connectivity index (χ4n) is 3.03. The van der Waals surface area contributed by atoms with Gasteiger partial charge in [0.15, 0.2) is 11.6 Å². The first-order valence-corrected chi connectivity index (χ1v) is 8.87. The van der Waals surface area contributed by atoms with Crippen molar-refractivity contribution in [2.45, 2.75) is 25.9 Å². The molecule has 2 aromatic rings. The molecule has 0 saturated carbocycles. The third-order valence-electron chi connectivity index (χ3n) is 4.21. The van der Waals surface area contributed by atoms with Gasteiger partial charge in [0.1, 0.15) is 6.61 Å². The molecule has 1 heterocycles. The van der Waals surface area contributed by atoms with Crippen molar-refractivity contribution in [2.75, 3.05) is 13.1 Å². The third-order valence-corrected chi connectivity index (χ3v) is 4.80. The standard InChI is InChI=1S/C19H21BrFNO/c20-17-10-16(9-15-7-4-8-22-12-15)11-18(21)19(17)23-13-14-5-2-1-3-6-14/h1-3,5-6,10-11,15,22H,4,7-9,12-13H2. The zero-order chi connectivity index (χ0) is 16.1. The van der Waals surface area contributed by atoms with Gasteiger partial charge in [0.25, 0.3) is 0 Å². The van der Waals surface area contributed by atoms with E-state index in [4.69, 9.17) is 4.74 Å². The molecule has 1 aliphatic heterocycles. The first-order chi connectivity index (χ1) is 11.2. The predicted octanol–water partition coefficient (Wildman–Crippen LogP) is 4.71. The van der Waals surface area contributed by atoms with Gasteiger partial charge >= 0.3 is 0 Å². The normalized spacial score (nSPS) is 17.9. The van der Waals surface area contributed by atoms with Gasteiger partial charge in [0.2, 0.25) is 0 Å². The van der Waals surface area contributed by atoms with Crippen LogP contribution in [0.4, 0.5) is 4.39 Å². The summed E-state index contributed by atoms with van der Waals surface area (Å²) in [6, 6.07) is 13.4. The molecule has 2 nitrogen and oxygen atoms in total. The molecule has 0 bridgehead atoms. The van der Waals surface area contributed by atoms with Gasteiger partial charge in [-0.1, -0.05) is 30.3 Å². The van der Waals surface area contributed by atoms with Crippen LogP contribution in [0.2, 0.25) is 0 Å². The number of hydrogen-bond donors (Lipinski definition) is 1. The highest BCUT2D eigenvalue weighted by atomic mass is 79.9. The SMILES string of the molecule is Fc1cc(CC2CCCNC2)cc(Br)c1OCc1ccccc1. The van der Waals surface area contributed by atoms with Crippen LogP contribution in [0.15, 0.2) is 46.9 Å². The summed E-state index contributed by atoms with van der Waals surface area (Å²) in [7, 11) is 0. The molecule has 1 aliphatic rings. The Kier molecular flexibility index (Phi) is 5.68. The molecule has 23 heavy (non-hydrogen) atoms. The Balaban J connectivity index is 1.67. The van der Waals surface area contributed by atoms with Crippen molar-refractivity contribution in [3.8, 4) is 5.75 Å². The highest BCUT2D eigenvalue weighted by molar-refractivity contribution is 9.10. The average Bonchev–Trinajstić information content (AvgIpc) is 2.56. The molecular weight excluding hydrogens is 357 g/mol. The summed E-state index contributed by atoms with van der Waals surface area (Å²) >= 11 is 3.46. The van der Waals surface area contributed by atoms with Gasteiger partial charge in [-0.2, -0.15) is 0 Å². The highest BCUT2D eigenvalue weighted by Gasteiger charge is 2.16. The number of benzene rings is 2. The Morgan fingerprint density at radius 1 is 1.17 bits per heavy atom. The fraction of sp³-hybridized carbons (Fsp3) is 0.368. The van der Waals surface area contributed by atoms with Crippen LogP contribution in [0.1, 0.15) is 24.0 Å². The van der Waals surface area contributed by atoms with Gasteiger partial charge in [0, 0.05) is 0 Å².